The monoisotopic (exact) mass is 444 g/mol. The molecule has 1 aliphatic rings. The van der Waals surface area contributed by atoms with Gasteiger partial charge in [0.05, 0.1) is 10.9 Å². The van der Waals surface area contributed by atoms with Crippen LogP contribution in [0.2, 0.25) is 5.15 Å². The predicted octanol–water partition coefficient (Wildman–Crippen LogP) is 6.16. The van der Waals surface area contributed by atoms with Crippen LogP contribution in [-0.2, 0) is 0 Å². The van der Waals surface area contributed by atoms with Gasteiger partial charge in [-0.2, -0.15) is 0 Å². The summed E-state index contributed by atoms with van der Waals surface area (Å²) in [6.07, 6.45) is 7.99. The van der Waals surface area contributed by atoms with Crippen molar-refractivity contribution in [1.82, 2.24) is 14.5 Å². The number of ketones is 1. The zero-order valence-electron chi connectivity index (χ0n) is 18.3. The number of anilines is 1. The third kappa shape index (κ3) is 3.67. The number of hydrogen-bond donors (Lipinski definition) is 0. The lowest BCUT2D eigenvalue weighted by Crippen LogP contribution is -2.07. The molecule has 0 aliphatic heterocycles. The van der Waals surface area contributed by atoms with Crippen LogP contribution in [0.25, 0.3) is 22.2 Å². The Balaban J connectivity index is 1.55. The van der Waals surface area contributed by atoms with Gasteiger partial charge in [-0.05, 0) is 42.2 Å². The molecule has 2 aromatic carbocycles. The average Bonchev–Trinajstić information content (AvgIpc) is 3.47. The predicted molar refractivity (Wildman–Crippen MR) is 130 cm³/mol. The van der Waals surface area contributed by atoms with Gasteiger partial charge in [0.25, 0.3) is 0 Å². The van der Waals surface area contributed by atoms with Crippen molar-refractivity contribution in [2.75, 3.05) is 19.0 Å². The Morgan fingerprint density at radius 3 is 2.50 bits per heavy atom. The molecular weight excluding hydrogens is 420 g/mol. The molecule has 4 aromatic rings. The first-order valence-corrected chi connectivity index (χ1v) is 11.3. The van der Waals surface area contributed by atoms with E-state index in [0.717, 1.165) is 35.3 Å². The maximum atomic E-state index is 13.6. The van der Waals surface area contributed by atoms with E-state index in [4.69, 9.17) is 11.6 Å². The van der Waals surface area contributed by atoms with E-state index >= 15 is 0 Å². The molecule has 162 valence electrons. The normalized spacial score (nSPS) is 14.2. The lowest BCUT2D eigenvalue weighted by atomic mass is 9.98. The first-order valence-electron chi connectivity index (χ1n) is 11.0. The summed E-state index contributed by atoms with van der Waals surface area (Å²) in [5.41, 5.74) is 5.15. The van der Waals surface area contributed by atoms with Crippen molar-refractivity contribution < 1.29 is 4.79 Å². The summed E-state index contributed by atoms with van der Waals surface area (Å²) >= 11 is 6.46. The number of aromatic nitrogens is 3. The highest BCUT2D eigenvalue weighted by atomic mass is 35.5. The van der Waals surface area contributed by atoms with E-state index in [9.17, 15) is 4.79 Å². The van der Waals surface area contributed by atoms with Gasteiger partial charge in [0.15, 0.2) is 5.78 Å². The van der Waals surface area contributed by atoms with Crippen LogP contribution in [-0.4, -0.2) is 34.4 Å². The fourth-order valence-corrected chi connectivity index (χ4v) is 4.86. The summed E-state index contributed by atoms with van der Waals surface area (Å²) in [7, 11) is 4.04. The van der Waals surface area contributed by atoms with Crippen molar-refractivity contribution in [1.29, 1.82) is 0 Å². The van der Waals surface area contributed by atoms with E-state index in [1.54, 1.807) is 0 Å². The molecule has 5 nitrogen and oxygen atoms in total. The second-order valence-corrected chi connectivity index (χ2v) is 8.96. The topological polar surface area (TPSA) is 51.0 Å². The Kier molecular flexibility index (Phi) is 5.43. The van der Waals surface area contributed by atoms with Gasteiger partial charge in [0.2, 0.25) is 0 Å². The van der Waals surface area contributed by atoms with E-state index in [1.807, 2.05) is 44.6 Å². The summed E-state index contributed by atoms with van der Waals surface area (Å²) in [6, 6.07) is 16.4. The van der Waals surface area contributed by atoms with Crippen molar-refractivity contribution in [2.45, 2.75) is 31.7 Å². The minimum Gasteiger partial charge on any atom is -0.378 e. The molecule has 1 saturated carbocycles. The summed E-state index contributed by atoms with van der Waals surface area (Å²) in [5, 5.41) is 0.970. The van der Waals surface area contributed by atoms with Crippen molar-refractivity contribution in [2.24, 2.45) is 0 Å². The molecule has 0 bridgehead atoms. The number of rotatable bonds is 5. The van der Waals surface area contributed by atoms with E-state index in [2.05, 4.69) is 43.7 Å². The van der Waals surface area contributed by atoms with Gasteiger partial charge in [-0.25, -0.2) is 9.97 Å². The van der Waals surface area contributed by atoms with Crippen LogP contribution in [0.3, 0.4) is 0 Å². The number of fused-ring (bicyclic) bond motifs is 1. The summed E-state index contributed by atoms with van der Waals surface area (Å²) < 4.78 is 2.13. The number of carbonyl (C=O) groups excluding carboxylic acids is 1. The fraction of sp³-hybridized carbons (Fsp3) is 0.269. The van der Waals surface area contributed by atoms with E-state index in [0.29, 0.717) is 27.7 Å². The third-order valence-electron chi connectivity index (χ3n) is 6.37. The van der Waals surface area contributed by atoms with Gasteiger partial charge in [-0.3, -0.25) is 4.79 Å². The number of carbonyl (C=O) groups is 1. The van der Waals surface area contributed by atoms with Crippen LogP contribution in [0.1, 0.15) is 47.6 Å². The Morgan fingerprint density at radius 1 is 1.03 bits per heavy atom. The third-order valence-corrected chi connectivity index (χ3v) is 6.65. The van der Waals surface area contributed by atoms with Gasteiger partial charge >= 0.3 is 0 Å². The Labute approximate surface area is 192 Å². The molecule has 32 heavy (non-hydrogen) atoms. The lowest BCUT2D eigenvalue weighted by molar-refractivity contribution is 0.104. The average molecular weight is 445 g/mol. The van der Waals surface area contributed by atoms with Crippen LogP contribution in [0.5, 0.6) is 0 Å². The molecule has 0 N–H and O–H groups in total. The van der Waals surface area contributed by atoms with Gasteiger partial charge < -0.3 is 9.47 Å². The van der Waals surface area contributed by atoms with Crippen LogP contribution >= 0.6 is 11.6 Å². The first kappa shape index (κ1) is 20.7. The largest absolute Gasteiger partial charge is 0.378 e. The summed E-state index contributed by atoms with van der Waals surface area (Å²) in [6.45, 7) is 0. The number of hydrogen-bond acceptors (Lipinski definition) is 4. The van der Waals surface area contributed by atoms with E-state index in [1.165, 1.54) is 19.2 Å². The minimum absolute atomic E-state index is 0.0600. The van der Waals surface area contributed by atoms with Gasteiger partial charge in [-0.15, -0.1) is 0 Å². The van der Waals surface area contributed by atoms with Crippen LogP contribution in [0, 0.1) is 0 Å². The van der Waals surface area contributed by atoms with Crippen molar-refractivity contribution in [3.8, 4) is 11.1 Å². The van der Waals surface area contributed by atoms with Crippen LogP contribution in [0.4, 0.5) is 5.69 Å². The van der Waals surface area contributed by atoms with E-state index in [-0.39, 0.29) is 5.78 Å². The van der Waals surface area contributed by atoms with Gasteiger partial charge in [0, 0.05) is 37.6 Å². The molecule has 0 atom stereocenters. The molecule has 1 aliphatic carbocycles. The zero-order chi connectivity index (χ0) is 22.2. The second-order valence-electron chi connectivity index (χ2n) is 8.60. The molecule has 5 rings (SSSR count). The Hall–Kier alpha value is -3.18. The first-order chi connectivity index (χ1) is 15.5. The lowest BCUT2D eigenvalue weighted by Gasteiger charge is -2.13. The molecule has 0 spiro atoms. The van der Waals surface area contributed by atoms with Crippen LogP contribution in [0.15, 0.2) is 61.1 Å². The molecular formula is C26H25ClN4O. The maximum Gasteiger partial charge on any atom is 0.195 e. The standard InChI is InChI=1S/C26H25ClN4O/c1-30(2)20-12-10-17(11-13-20)18-6-5-7-19(14-18)24(32)22-15-31(21-8-3-4-9-21)26-23(22)25(27)28-16-29-26/h5-7,10-16,21H,3-4,8-9H2,1-2H3. The molecule has 0 radical (unpaired) electrons. The highest BCUT2D eigenvalue weighted by Gasteiger charge is 2.25. The number of benzene rings is 2. The molecule has 2 heterocycles. The zero-order valence-corrected chi connectivity index (χ0v) is 19.0. The minimum atomic E-state index is -0.0600. The highest BCUT2D eigenvalue weighted by Crippen LogP contribution is 2.36. The molecule has 0 amide bonds. The van der Waals surface area contributed by atoms with Gasteiger partial charge in [-0.1, -0.05) is 54.8 Å². The molecule has 0 saturated heterocycles. The van der Waals surface area contributed by atoms with Gasteiger partial charge in [0.1, 0.15) is 17.1 Å². The maximum absolute atomic E-state index is 13.6. The van der Waals surface area contributed by atoms with Crippen LogP contribution < -0.4 is 4.90 Å². The highest BCUT2D eigenvalue weighted by molar-refractivity contribution is 6.36. The molecule has 6 heteroatoms. The van der Waals surface area contributed by atoms with E-state index < -0.39 is 0 Å². The second kappa shape index (κ2) is 8.40. The summed E-state index contributed by atoms with van der Waals surface area (Å²) in [5.74, 6) is -0.0600. The molecule has 2 aromatic heterocycles. The molecule has 1 fully saturated rings. The number of nitrogens with zero attached hydrogens (tertiary/aromatic N) is 4. The SMILES string of the molecule is CN(C)c1ccc(-c2cccc(C(=O)c3cn(C4CCCC4)c4ncnc(Cl)c34)c2)cc1. The Bertz CT molecular complexity index is 1290. The smallest absolute Gasteiger partial charge is 0.195 e. The van der Waals surface area contributed by atoms with Crippen molar-refractivity contribution >= 4 is 34.1 Å². The van der Waals surface area contributed by atoms with Crippen molar-refractivity contribution in [3.63, 3.8) is 0 Å². The summed E-state index contributed by atoms with van der Waals surface area (Å²) in [4.78, 5) is 24.3. The van der Waals surface area contributed by atoms with Crippen molar-refractivity contribution in [3.05, 3.63) is 77.3 Å². The quantitative estimate of drug-likeness (QED) is 0.273. The Morgan fingerprint density at radius 2 is 1.78 bits per heavy atom. The fourth-order valence-electron chi connectivity index (χ4n) is 4.63. The molecule has 0 unspecified atom stereocenters. The number of halogens is 1.